The predicted molar refractivity (Wildman–Crippen MR) is 143 cm³/mol. The lowest BCUT2D eigenvalue weighted by molar-refractivity contribution is 0.105. The van der Waals surface area contributed by atoms with Gasteiger partial charge in [0.05, 0.1) is 13.7 Å². The molecule has 0 aliphatic heterocycles. The summed E-state index contributed by atoms with van der Waals surface area (Å²) in [6, 6.07) is 19.1. The van der Waals surface area contributed by atoms with Crippen LogP contribution in [0.25, 0.3) is 11.6 Å². The molecule has 0 saturated carbocycles. The van der Waals surface area contributed by atoms with Crippen LogP contribution in [-0.2, 0) is 0 Å². The lowest BCUT2D eigenvalue weighted by Gasteiger charge is -2.17. The van der Waals surface area contributed by atoms with Crippen molar-refractivity contribution in [3.05, 3.63) is 88.4 Å². The van der Waals surface area contributed by atoms with Crippen molar-refractivity contribution in [2.75, 3.05) is 33.4 Å². The van der Waals surface area contributed by atoms with E-state index in [0.717, 1.165) is 31.6 Å². The fourth-order valence-corrected chi connectivity index (χ4v) is 3.90. The average molecular weight is 494 g/mol. The molecule has 0 fully saturated rings. The summed E-state index contributed by atoms with van der Waals surface area (Å²) in [6.45, 7) is 7.97. The first kappa shape index (κ1) is 26.3. The molecule has 1 N–H and O–H groups in total. The lowest BCUT2D eigenvalue weighted by atomic mass is 9.94. The van der Waals surface area contributed by atoms with Crippen molar-refractivity contribution < 1.29 is 19.4 Å². The van der Waals surface area contributed by atoms with Gasteiger partial charge in [0.1, 0.15) is 17.2 Å². The smallest absolute Gasteiger partial charge is 0.193 e. The number of phenolic OH excluding ortho intramolecular Hbond substituents is 1. The summed E-state index contributed by atoms with van der Waals surface area (Å²) in [6.07, 6.45) is 2.68. The normalized spacial score (nSPS) is 11.5. The Morgan fingerprint density at radius 1 is 0.971 bits per heavy atom. The zero-order valence-electron chi connectivity index (χ0n) is 20.5. The molecule has 0 spiro atoms. The summed E-state index contributed by atoms with van der Waals surface area (Å²) in [7, 11) is 1.60. The van der Waals surface area contributed by atoms with Gasteiger partial charge in [-0.15, -0.1) is 0 Å². The van der Waals surface area contributed by atoms with E-state index in [1.807, 2.05) is 24.3 Å². The third-order valence-electron chi connectivity index (χ3n) is 5.82. The highest BCUT2D eigenvalue weighted by Gasteiger charge is 2.18. The van der Waals surface area contributed by atoms with E-state index in [1.54, 1.807) is 49.6 Å². The molecule has 6 heteroatoms. The van der Waals surface area contributed by atoms with Crippen molar-refractivity contribution in [2.24, 2.45) is 0 Å². The van der Waals surface area contributed by atoms with Crippen LogP contribution in [-0.4, -0.2) is 49.1 Å². The van der Waals surface area contributed by atoms with Gasteiger partial charge in [-0.2, -0.15) is 0 Å². The Morgan fingerprint density at radius 3 is 2.26 bits per heavy atom. The number of rotatable bonds is 12. The largest absolute Gasteiger partial charge is 0.507 e. The summed E-state index contributed by atoms with van der Waals surface area (Å²) in [5.41, 5.74) is 1.99. The maximum absolute atomic E-state index is 13.6. The molecule has 0 aromatic heterocycles. The van der Waals surface area contributed by atoms with Crippen molar-refractivity contribution in [1.29, 1.82) is 0 Å². The van der Waals surface area contributed by atoms with Crippen molar-refractivity contribution in [3.63, 3.8) is 0 Å². The molecule has 3 rings (SSSR count). The summed E-state index contributed by atoms with van der Waals surface area (Å²) in [4.78, 5) is 15.9. The highest BCUT2D eigenvalue weighted by atomic mass is 35.5. The minimum Gasteiger partial charge on any atom is -0.507 e. The van der Waals surface area contributed by atoms with Gasteiger partial charge in [0.25, 0.3) is 0 Å². The van der Waals surface area contributed by atoms with Gasteiger partial charge in [-0.05, 0) is 85.7 Å². The number of phenols is 1. The molecule has 35 heavy (non-hydrogen) atoms. The number of ketones is 1. The van der Waals surface area contributed by atoms with Crippen molar-refractivity contribution in [2.45, 2.75) is 20.3 Å². The van der Waals surface area contributed by atoms with Crippen LogP contribution in [0.4, 0.5) is 0 Å². The standard InChI is InChI=1S/C29H32ClNO4/c1-4-31(5-2)17-6-18-35-25-14-9-22(10-15-25)29(33)27(26-20-23(30)11-16-28(26)32)19-21-7-12-24(34-3)13-8-21/h7-16,19-20,32H,4-6,17-18H2,1-3H3/b27-19-. The second-order valence-corrected chi connectivity index (χ2v) is 8.51. The number of halogens is 1. The third-order valence-corrected chi connectivity index (χ3v) is 6.05. The number of allylic oxidation sites excluding steroid dienone is 1. The van der Waals surface area contributed by atoms with Gasteiger partial charge >= 0.3 is 0 Å². The van der Waals surface area contributed by atoms with Gasteiger partial charge in [0.2, 0.25) is 0 Å². The zero-order chi connectivity index (χ0) is 25.2. The number of nitrogens with zero attached hydrogens (tertiary/aromatic N) is 1. The molecule has 0 heterocycles. The Hall–Kier alpha value is -3.28. The number of ether oxygens (including phenoxy) is 2. The number of hydrogen-bond donors (Lipinski definition) is 1. The topological polar surface area (TPSA) is 59.0 Å². The Morgan fingerprint density at radius 2 is 1.63 bits per heavy atom. The highest BCUT2D eigenvalue weighted by molar-refractivity contribution is 6.34. The van der Waals surface area contributed by atoms with Crippen LogP contribution in [0.15, 0.2) is 66.7 Å². The lowest BCUT2D eigenvalue weighted by Crippen LogP contribution is -2.25. The first-order chi connectivity index (χ1) is 16.9. The second-order valence-electron chi connectivity index (χ2n) is 8.08. The minimum atomic E-state index is -0.230. The van der Waals surface area contributed by atoms with E-state index in [1.165, 1.54) is 6.07 Å². The number of aromatic hydroxyl groups is 1. The molecule has 0 aliphatic carbocycles. The van der Waals surface area contributed by atoms with Crippen LogP contribution in [0.2, 0.25) is 5.02 Å². The first-order valence-electron chi connectivity index (χ1n) is 11.8. The van der Waals surface area contributed by atoms with Crippen LogP contribution in [0.5, 0.6) is 17.2 Å². The van der Waals surface area contributed by atoms with E-state index < -0.39 is 0 Å². The summed E-state index contributed by atoms with van der Waals surface area (Å²) >= 11 is 6.19. The minimum absolute atomic E-state index is 0.0179. The number of carbonyl (C=O) groups excluding carboxylic acids is 1. The second kappa shape index (κ2) is 13.0. The van der Waals surface area contributed by atoms with E-state index in [4.69, 9.17) is 21.1 Å². The van der Waals surface area contributed by atoms with Crippen LogP contribution < -0.4 is 9.47 Å². The molecule has 0 bridgehead atoms. The van der Waals surface area contributed by atoms with Crippen molar-refractivity contribution in [3.8, 4) is 17.2 Å². The first-order valence-corrected chi connectivity index (χ1v) is 12.2. The zero-order valence-corrected chi connectivity index (χ0v) is 21.2. The number of methoxy groups -OCH3 is 1. The molecule has 0 unspecified atom stereocenters. The molecule has 0 radical (unpaired) electrons. The Labute approximate surface area is 212 Å². The van der Waals surface area contributed by atoms with Crippen LogP contribution >= 0.6 is 11.6 Å². The summed E-state index contributed by atoms with van der Waals surface area (Å²) in [5, 5.41) is 10.9. The van der Waals surface area contributed by atoms with E-state index in [2.05, 4.69) is 18.7 Å². The maximum Gasteiger partial charge on any atom is 0.193 e. The van der Waals surface area contributed by atoms with Crippen molar-refractivity contribution >= 4 is 29.0 Å². The summed E-state index contributed by atoms with van der Waals surface area (Å²) < 4.78 is 11.1. The van der Waals surface area contributed by atoms with E-state index >= 15 is 0 Å². The van der Waals surface area contributed by atoms with Gasteiger partial charge in [0, 0.05) is 28.3 Å². The third kappa shape index (κ3) is 7.35. The Kier molecular flexibility index (Phi) is 9.76. The fraction of sp³-hybridized carbons (Fsp3) is 0.276. The predicted octanol–water partition coefficient (Wildman–Crippen LogP) is 6.59. The molecule has 5 nitrogen and oxygen atoms in total. The van der Waals surface area contributed by atoms with Crippen molar-refractivity contribution in [1.82, 2.24) is 4.90 Å². The van der Waals surface area contributed by atoms with E-state index in [9.17, 15) is 9.90 Å². The molecule has 0 amide bonds. The number of benzene rings is 3. The molecule has 0 aliphatic rings. The number of carbonyl (C=O) groups is 1. The van der Waals surface area contributed by atoms with Gasteiger partial charge in [-0.3, -0.25) is 4.79 Å². The van der Waals surface area contributed by atoms with Crippen LogP contribution in [0.3, 0.4) is 0 Å². The SMILES string of the molecule is CCN(CC)CCCOc1ccc(C(=O)/C(=C\c2ccc(OC)cc2)c2cc(Cl)ccc2O)cc1. The van der Waals surface area contributed by atoms with Crippen LogP contribution in [0, 0.1) is 0 Å². The maximum atomic E-state index is 13.6. The molecule has 3 aromatic carbocycles. The monoisotopic (exact) mass is 493 g/mol. The van der Waals surface area contributed by atoms with Gasteiger partial charge < -0.3 is 19.5 Å². The summed E-state index contributed by atoms with van der Waals surface area (Å²) in [5.74, 6) is 1.18. The average Bonchev–Trinajstić information content (AvgIpc) is 2.89. The molecule has 3 aromatic rings. The molecular formula is C29H32ClNO4. The van der Waals surface area contributed by atoms with Gasteiger partial charge in [-0.25, -0.2) is 0 Å². The molecular weight excluding hydrogens is 462 g/mol. The van der Waals surface area contributed by atoms with Crippen LogP contribution in [0.1, 0.15) is 41.8 Å². The molecule has 0 atom stereocenters. The van der Waals surface area contributed by atoms with Gasteiger partial charge in [0.15, 0.2) is 5.78 Å². The molecule has 0 saturated heterocycles. The Balaban J connectivity index is 1.82. The van der Waals surface area contributed by atoms with Gasteiger partial charge in [-0.1, -0.05) is 37.6 Å². The Bertz CT molecular complexity index is 1140. The number of hydrogen-bond acceptors (Lipinski definition) is 5. The number of Topliss-reactive ketones (excluding diaryl/α,β-unsaturated/α-hetero) is 1. The fourth-order valence-electron chi connectivity index (χ4n) is 3.73. The van der Waals surface area contributed by atoms with E-state index in [0.29, 0.717) is 39.8 Å². The molecule has 184 valence electrons. The highest BCUT2D eigenvalue weighted by Crippen LogP contribution is 2.32. The quantitative estimate of drug-likeness (QED) is 0.133. The van der Waals surface area contributed by atoms with E-state index in [-0.39, 0.29) is 11.5 Å².